The molecule has 1 aromatic rings. The number of carbonyl (C=O) groups excluding carboxylic acids is 2. The van der Waals surface area contributed by atoms with Gasteiger partial charge in [-0.1, -0.05) is 44.2 Å². The number of hydrogen-bond acceptors (Lipinski definition) is 8. The summed E-state index contributed by atoms with van der Waals surface area (Å²) in [5.74, 6) is -0.502. The Hall–Kier alpha value is -2.00. The van der Waals surface area contributed by atoms with Gasteiger partial charge in [-0.25, -0.2) is 0 Å². The second kappa shape index (κ2) is 16.7. The third-order valence-electron chi connectivity index (χ3n) is 4.42. The highest BCUT2D eigenvalue weighted by atomic mass is 16.6. The Morgan fingerprint density at radius 3 is 2.19 bits per heavy atom. The van der Waals surface area contributed by atoms with Gasteiger partial charge in [-0.2, -0.15) is 0 Å². The Morgan fingerprint density at radius 1 is 1.00 bits per heavy atom. The number of rotatable bonds is 6. The van der Waals surface area contributed by atoms with Crippen LogP contribution in [0.15, 0.2) is 30.3 Å². The molecule has 2 saturated heterocycles. The quantitative estimate of drug-likeness (QED) is 0.675. The summed E-state index contributed by atoms with van der Waals surface area (Å²) in [6.45, 7) is 13.2. The van der Waals surface area contributed by atoms with E-state index >= 15 is 0 Å². The number of benzene rings is 1. The zero-order valence-electron chi connectivity index (χ0n) is 19.3. The van der Waals surface area contributed by atoms with Crippen molar-refractivity contribution in [1.82, 2.24) is 10.2 Å². The largest absolute Gasteiger partial charge is 0.463 e. The molecule has 176 valence electrons. The first-order chi connectivity index (χ1) is 15.0. The van der Waals surface area contributed by atoms with E-state index in [1.54, 1.807) is 0 Å². The van der Waals surface area contributed by atoms with Gasteiger partial charge in [0.1, 0.15) is 25.4 Å². The first-order valence-corrected chi connectivity index (χ1v) is 11.0. The first kappa shape index (κ1) is 27.0. The molecule has 0 amide bonds. The minimum Gasteiger partial charge on any atom is -0.463 e. The third kappa shape index (κ3) is 13.1. The predicted molar refractivity (Wildman–Crippen MR) is 119 cm³/mol. The summed E-state index contributed by atoms with van der Waals surface area (Å²) in [5, 5.41) is 3.14. The molecule has 2 fully saturated rings. The van der Waals surface area contributed by atoms with Crippen LogP contribution in [0, 0.1) is 0 Å². The molecule has 8 heteroatoms. The zero-order valence-corrected chi connectivity index (χ0v) is 19.3. The molecule has 2 atom stereocenters. The van der Waals surface area contributed by atoms with Crippen molar-refractivity contribution in [1.29, 1.82) is 0 Å². The summed E-state index contributed by atoms with van der Waals surface area (Å²) in [4.78, 5) is 23.5. The lowest BCUT2D eigenvalue weighted by Gasteiger charge is -2.32. The van der Waals surface area contributed by atoms with Crippen LogP contribution in [0.25, 0.3) is 0 Å². The highest BCUT2D eigenvalue weighted by molar-refractivity contribution is 5.66. The minimum absolute atomic E-state index is 0.00800. The fourth-order valence-corrected chi connectivity index (χ4v) is 3.01. The summed E-state index contributed by atoms with van der Waals surface area (Å²) < 4.78 is 20.6. The molecule has 0 radical (unpaired) electrons. The van der Waals surface area contributed by atoms with E-state index in [4.69, 9.17) is 18.9 Å². The number of nitrogens with one attached hydrogen (secondary N) is 1. The van der Waals surface area contributed by atoms with E-state index in [9.17, 15) is 9.59 Å². The molecule has 3 rings (SSSR count). The van der Waals surface area contributed by atoms with Gasteiger partial charge >= 0.3 is 11.9 Å². The molecule has 1 aromatic carbocycles. The van der Waals surface area contributed by atoms with Crippen molar-refractivity contribution >= 4 is 11.9 Å². The van der Waals surface area contributed by atoms with Gasteiger partial charge in [0.05, 0.1) is 13.2 Å². The molecule has 0 spiro atoms. The number of carbonyl (C=O) groups is 2. The highest BCUT2D eigenvalue weighted by Crippen LogP contribution is 2.10. The summed E-state index contributed by atoms with van der Waals surface area (Å²) >= 11 is 0. The van der Waals surface area contributed by atoms with E-state index in [1.165, 1.54) is 19.4 Å². The van der Waals surface area contributed by atoms with Gasteiger partial charge in [-0.3, -0.25) is 14.5 Å². The summed E-state index contributed by atoms with van der Waals surface area (Å²) in [6, 6.07) is 10.4. The normalized spacial score (nSPS) is 20.9. The van der Waals surface area contributed by atoms with Crippen molar-refractivity contribution in [2.75, 3.05) is 52.6 Å². The van der Waals surface area contributed by atoms with Crippen molar-refractivity contribution in [2.45, 2.75) is 46.4 Å². The van der Waals surface area contributed by atoms with Gasteiger partial charge < -0.3 is 24.3 Å². The van der Waals surface area contributed by atoms with E-state index in [0.717, 1.165) is 32.7 Å². The molecule has 0 bridgehead atoms. The van der Waals surface area contributed by atoms with Gasteiger partial charge in [0.2, 0.25) is 0 Å². The van der Waals surface area contributed by atoms with Gasteiger partial charge in [-0.15, -0.1) is 0 Å². The fourth-order valence-electron chi connectivity index (χ4n) is 3.01. The fraction of sp³-hybridized carbons (Fsp3) is 0.652. The van der Waals surface area contributed by atoms with Gasteiger partial charge in [0.15, 0.2) is 0 Å². The maximum Gasteiger partial charge on any atom is 0.302 e. The van der Waals surface area contributed by atoms with Gasteiger partial charge in [0.25, 0.3) is 0 Å². The summed E-state index contributed by atoms with van der Waals surface area (Å²) in [5.41, 5.74) is 1.30. The molecule has 0 aromatic heterocycles. The molecule has 2 aliphatic rings. The number of nitrogens with zero attached hydrogens (tertiary/aromatic N) is 1. The first-order valence-electron chi connectivity index (χ1n) is 11.0. The molecular weight excluding hydrogens is 400 g/mol. The van der Waals surface area contributed by atoms with Gasteiger partial charge in [0, 0.05) is 46.6 Å². The second-order valence-electron chi connectivity index (χ2n) is 7.02. The van der Waals surface area contributed by atoms with Crippen molar-refractivity contribution in [3.8, 4) is 0 Å². The molecule has 8 nitrogen and oxygen atoms in total. The van der Waals surface area contributed by atoms with Crippen LogP contribution in [0.5, 0.6) is 0 Å². The Morgan fingerprint density at radius 2 is 1.61 bits per heavy atom. The average molecular weight is 439 g/mol. The number of morpholine rings is 2. The van der Waals surface area contributed by atoms with Crippen LogP contribution in [-0.4, -0.2) is 81.7 Å². The molecule has 2 heterocycles. The Labute approximate surface area is 186 Å². The molecule has 2 unspecified atom stereocenters. The van der Waals surface area contributed by atoms with Crippen molar-refractivity contribution in [2.24, 2.45) is 0 Å². The lowest BCUT2D eigenvalue weighted by Crippen LogP contribution is -2.44. The average Bonchev–Trinajstić information content (AvgIpc) is 2.80. The van der Waals surface area contributed by atoms with Crippen LogP contribution in [0.1, 0.15) is 33.3 Å². The number of esters is 2. The van der Waals surface area contributed by atoms with Crippen LogP contribution in [0.3, 0.4) is 0 Å². The predicted octanol–water partition coefficient (Wildman–Crippen LogP) is 2.01. The maximum atomic E-state index is 10.8. The molecule has 1 N–H and O–H groups in total. The number of hydrogen-bond donors (Lipinski definition) is 1. The Balaban J connectivity index is 0.000000317. The standard InChI is InChI=1S/C14H19NO3.C7H13NO3.C2H6/c1-12(16)18-11-14-10-15(7-8-17-14)9-13-5-3-2-4-6-13;1-6(9)11-5-7-4-8-2-3-10-7;1-2/h2-6,14H,7-11H2,1H3;7-8H,2-5H2,1H3;1-2H3. The van der Waals surface area contributed by atoms with E-state index in [-0.39, 0.29) is 24.1 Å². The van der Waals surface area contributed by atoms with Crippen LogP contribution in [0.2, 0.25) is 0 Å². The van der Waals surface area contributed by atoms with Crippen LogP contribution in [0.4, 0.5) is 0 Å². The molecular formula is C23H38N2O6. The van der Waals surface area contributed by atoms with Crippen LogP contribution >= 0.6 is 0 Å². The zero-order chi connectivity index (χ0) is 22.9. The molecule has 2 aliphatic heterocycles. The molecule has 0 aliphatic carbocycles. The van der Waals surface area contributed by atoms with Gasteiger partial charge in [-0.05, 0) is 5.56 Å². The topological polar surface area (TPSA) is 86.3 Å². The molecule has 0 saturated carbocycles. The Kier molecular flexibility index (Phi) is 14.5. The minimum atomic E-state index is -0.251. The SMILES string of the molecule is CC.CC(=O)OCC1CN(Cc2ccccc2)CCO1.CC(=O)OCC1CNCCO1. The van der Waals surface area contributed by atoms with Crippen molar-refractivity contribution in [3.63, 3.8) is 0 Å². The Bertz CT molecular complexity index is 607. The van der Waals surface area contributed by atoms with Crippen molar-refractivity contribution in [3.05, 3.63) is 35.9 Å². The van der Waals surface area contributed by atoms with E-state index in [1.807, 2.05) is 32.0 Å². The summed E-state index contributed by atoms with van der Waals surface area (Å²) in [6.07, 6.45) is 0.0269. The lowest BCUT2D eigenvalue weighted by atomic mass is 10.2. The van der Waals surface area contributed by atoms with E-state index in [0.29, 0.717) is 26.4 Å². The third-order valence-corrected chi connectivity index (χ3v) is 4.42. The van der Waals surface area contributed by atoms with Crippen molar-refractivity contribution < 1.29 is 28.5 Å². The smallest absolute Gasteiger partial charge is 0.302 e. The highest BCUT2D eigenvalue weighted by Gasteiger charge is 2.21. The monoisotopic (exact) mass is 438 g/mol. The molecule has 31 heavy (non-hydrogen) atoms. The second-order valence-corrected chi connectivity index (χ2v) is 7.02. The summed E-state index contributed by atoms with van der Waals surface area (Å²) in [7, 11) is 0. The number of ether oxygens (including phenoxy) is 4. The lowest BCUT2D eigenvalue weighted by molar-refractivity contribution is -0.148. The maximum absolute atomic E-state index is 10.8. The van der Waals surface area contributed by atoms with E-state index in [2.05, 4.69) is 22.3 Å². The van der Waals surface area contributed by atoms with E-state index < -0.39 is 0 Å². The van der Waals surface area contributed by atoms with Crippen LogP contribution in [-0.2, 0) is 35.1 Å². The van der Waals surface area contributed by atoms with Crippen LogP contribution < -0.4 is 5.32 Å².